The van der Waals surface area contributed by atoms with Crippen LogP contribution in [0.5, 0.6) is 11.5 Å². The highest BCUT2D eigenvalue weighted by Gasteiger charge is 2.11. The van der Waals surface area contributed by atoms with E-state index in [0.29, 0.717) is 28.0 Å². The van der Waals surface area contributed by atoms with Crippen molar-refractivity contribution in [2.24, 2.45) is 0 Å². The number of benzene rings is 2. The van der Waals surface area contributed by atoms with E-state index >= 15 is 0 Å². The topological polar surface area (TPSA) is 48.1 Å². The number of nitrogen functional groups attached to an aromatic ring is 1. The molecule has 1 aromatic heterocycles. The molecule has 0 amide bonds. The van der Waals surface area contributed by atoms with Crippen LogP contribution in [0.4, 0.5) is 14.5 Å². The zero-order valence-electron chi connectivity index (χ0n) is 11.2. The van der Waals surface area contributed by atoms with Gasteiger partial charge in [-0.25, -0.2) is 8.78 Å². The number of aryl methyl sites for hydroxylation is 1. The molecule has 0 fully saturated rings. The smallest absolute Gasteiger partial charge is 0.166 e. The molecule has 3 rings (SSSR count). The lowest BCUT2D eigenvalue weighted by Crippen LogP contribution is -1.94. The van der Waals surface area contributed by atoms with Crippen LogP contribution in [-0.4, -0.2) is 4.98 Å². The Morgan fingerprint density at radius 2 is 1.81 bits per heavy atom. The number of hydrogen-bond donors (Lipinski definition) is 1. The molecule has 0 aliphatic carbocycles. The van der Waals surface area contributed by atoms with Crippen LogP contribution in [0.3, 0.4) is 0 Å². The van der Waals surface area contributed by atoms with Gasteiger partial charge in [0, 0.05) is 28.9 Å². The Balaban J connectivity index is 2.15. The van der Waals surface area contributed by atoms with Crippen molar-refractivity contribution in [1.82, 2.24) is 4.98 Å². The SMILES string of the molecule is Cc1cc(Oc2cc(F)ccc2F)c2cc(N)ccc2n1. The third-order valence-electron chi connectivity index (χ3n) is 3.04. The van der Waals surface area contributed by atoms with Gasteiger partial charge in [0.15, 0.2) is 11.6 Å². The molecule has 1 heterocycles. The fraction of sp³-hybridized carbons (Fsp3) is 0.0625. The highest BCUT2D eigenvalue weighted by Crippen LogP contribution is 2.32. The number of anilines is 1. The van der Waals surface area contributed by atoms with Crippen LogP contribution in [0.2, 0.25) is 0 Å². The number of hydrogen-bond acceptors (Lipinski definition) is 3. The predicted molar refractivity (Wildman–Crippen MR) is 77.3 cm³/mol. The van der Waals surface area contributed by atoms with E-state index in [4.69, 9.17) is 10.5 Å². The summed E-state index contributed by atoms with van der Waals surface area (Å²) in [5, 5.41) is 0.643. The number of nitrogens with two attached hydrogens (primary N) is 1. The van der Waals surface area contributed by atoms with Crippen molar-refractivity contribution in [3.05, 3.63) is 59.8 Å². The van der Waals surface area contributed by atoms with Gasteiger partial charge >= 0.3 is 0 Å². The average Bonchev–Trinajstić information content (AvgIpc) is 2.43. The first-order chi connectivity index (χ1) is 10.0. The first-order valence-corrected chi connectivity index (χ1v) is 6.33. The summed E-state index contributed by atoms with van der Waals surface area (Å²) in [4.78, 5) is 4.36. The predicted octanol–water partition coefficient (Wildman–Crippen LogP) is 4.20. The molecule has 2 N–H and O–H groups in total. The molecule has 0 aliphatic heterocycles. The summed E-state index contributed by atoms with van der Waals surface area (Å²) in [7, 11) is 0. The minimum Gasteiger partial charge on any atom is -0.453 e. The zero-order chi connectivity index (χ0) is 15.0. The molecule has 0 saturated heterocycles. The minimum atomic E-state index is -0.636. The van der Waals surface area contributed by atoms with Gasteiger partial charge in [-0.2, -0.15) is 0 Å². The molecule has 0 unspecified atom stereocenters. The second-order valence-electron chi connectivity index (χ2n) is 4.72. The molecule has 5 heteroatoms. The maximum atomic E-state index is 13.7. The number of aromatic nitrogens is 1. The largest absolute Gasteiger partial charge is 0.453 e. The summed E-state index contributed by atoms with van der Waals surface area (Å²) in [5.41, 5.74) is 7.68. The minimum absolute atomic E-state index is 0.177. The van der Waals surface area contributed by atoms with Crippen LogP contribution in [0.1, 0.15) is 5.69 Å². The number of pyridine rings is 1. The highest BCUT2D eigenvalue weighted by molar-refractivity contribution is 5.88. The Bertz CT molecular complexity index is 834. The third kappa shape index (κ3) is 2.63. The van der Waals surface area contributed by atoms with E-state index in [1.807, 2.05) is 0 Å². The number of ether oxygens (including phenoxy) is 1. The van der Waals surface area contributed by atoms with E-state index in [1.165, 1.54) is 0 Å². The van der Waals surface area contributed by atoms with Crippen LogP contribution in [0, 0.1) is 18.6 Å². The summed E-state index contributed by atoms with van der Waals surface area (Å²) in [5.74, 6) is -0.998. The van der Waals surface area contributed by atoms with Gasteiger partial charge < -0.3 is 10.5 Å². The Hall–Kier alpha value is -2.69. The Morgan fingerprint density at radius 1 is 1.00 bits per heavy atom. The maximum absolute atomic E-state index is 13.7. The molecule has 0 aliphatic rings. The van der Waals surface area contributed by atoms with Gasteiger partial charge in [0.05, 0.1) is 5.52 Å². The van der Waals surface area contributed by atoms with Gasteiger partial charge in [0.2, 0.25) is 0 Å². The summed E-state index contributed by atoms with van der Waals surface area (Å²) in [6.45, 7) is 1.80. The molecule has 0 spiro atoms. The number of nitrogens with zero attached hydrogens (tertiary/aromatic N) is 1. The quantitative estimate of drug-likeness (QED) is 0.718. The van der Waals surface area contributed by atoms with E-state index in [9.17, 15) is 8.78 Å². The molecular formula is C16H12F2N2O. The molecule has 0 saturated carbocycles. The van der Waals surface area contributed by atoms with Crippen molar-refractivity contribution in [3.8, 4) is 11.5 Å². The molecule has 3 aromatic rings. The Labute approximate surface area is 120 Å². The third-order valence-corrected chi connectivity index (χ3v) is 3.04. The normalized spacial score (nSPS) is 10.8. The van der Waals surface area contributed by atoms with E-state index in [-0.39, 0.29) is 5.75 Å². The zero-order valence-corrected chi connectivity index (χ0v) is 11.2. The fourth-order valence-electron chi connectivity index (χ4n) is 2.10. The molecular weight excluding hydrogens is 274 g/mol. The van der Waals surface area contributed by atoms with Crippen molar-refractivity contribution in [2.75, 3.05) is 5.73 Å². The van der Waals surface area contributed by atoms with Crippen molar-refractivity contribution in [1.29, 1.82) is 0 Å². The van der Waals surface area contributed by atoms with Crippen molar-refractivity contribution in [2.45, 2.75) is 6.92 Å². The van der Waals surface area contributed by atoms with Gasteiger partial charge in [-0.15, -0.1) is 0 Å². The molecule has 0 radical (unpaired) electrons. The van der Waals surface area contributed by atoms with Gasteiger partial charge in [-0.1, -0.05) is 0 Å². The van der Waals surface area contributed by atoms with Crippen LogP contribution in [-0.2, 0) is 0 Å². The lowest BCUT2D eigenvalue weighted by atomic mass is 10.1. The maximum Gasteiger partial charge on any atom is 0.166 e. The first kappa shape index (κ1) is 13.3. The first-order valence-electron chi connectivity index (χ1n) is 6.33. The van der Waals surface area contributed by atoms with Crippen molar-refractivity contribution >= 4 is 16.6 Å². The number of halogens is 2. The summed E-state index contributed by atoms with van der Waals surface area (Å²) < 4.78 is 32.5. The van der Waals surface area contributed by atoms with Crippen LogP contribution in [0.25, 0.3) is 10.9 Å². The molecule has 21 heavy (non-hydrogen) atoms. The Morgan fingerprint density at radius 3 is 2.62 bits per heavy atom. The number of fused-ring (bicyclic) bond motifs is 1. The van der Waals surface area contributed by atoms with Gasteiger partial charge in [-0.05, 0) is 37.3 Å². The van der Waals surface area contributed by atoms with E-state index in [2.05, 4.69) is 4.98 Å². The van der Waals surface area contributed by atoms with E-state index in [1.54, 1.807) is 31.2 Å². The monoisotopic (exact) mass is 286 g/mol. The van der Waals surface area contributed by atoms with Crippen molar-refractivity contribution in [3.63, 3.8) is 0 Å². The second-order valence-corrected chi connectivity index (χ2v) is 4.72. The average molecular weight is 286 g/mol. The van der Waals surface area contributed by atoms with Gasteiger partial charge in [0.1, 0.15) is 11.6 Å². The fourth-order valence-corrected chi connectivity index (χ4v) is 2.10. The number of rotatable bonds is 2. The van der Waals surface area contributed by atoms with Gasteiger partial charge in [-0.3, -0.25) is 4.98 Å². The van der Waals surface area contributed by atoms with Gasteiger partial charge in [0.25, 0.3) is 0 Å². The molecule has 3 nitrogen and oxygen atoms in total. The summed E-state index contributed by atoms with van der Waals surface area (Å²) >= 11 is 0. The summed E-state index contributed by atoms with van der Waals surface area (Å²) in [6.07, 6.45) is 0. The molecule has 0 bridgehead atoms. The highest BCUT2D eigenvalue weighted by atomic mass is 19.1. The van der Waals surface area contributed by atoms with Crippen LogP contribution in [0.15, 0.2) is 42.5 Å². The molecule has 2 aromatic carbocycles. The standard InChI is InChI=1S/C16H12F2N2O/c1-9-6-15(12-8-11(19)3-5-14(12)20-9)21-16-7-10(17)2-4-13(16)18/h2-8H,19H2,1H3. The molecule has 0 atom stereocenters. The lowest BCUT2D eigenvalue weighted by molar-refractivity contribution is 0.440. The van der Waals surface area contributed by atoms with Crippen molar-refractivity contribution < 1.29 is 13.5 Å². The summed E-state index contributed by atoms with van der Waals surface area (Å²) in [6, 6.07) is 9.89. The Kier molecular flexibility index (Phi) is 3.17. The van der Waals surface area contributed by atoms with Crippen LogP contribution < -0.4 is 10.5 Å². The lowest BCUT2D eigenvalue weighted by Gasteiger charge is -2.11. The van der Waals surface area contributed by atoms with E-state index in [0.717, 1.165) is 18.2 Å². The van der Waals surface area contributed by atoms with E-state index < -0.39 is 11.6 Å². The second kappa shape index (κ2) is 5.01. The molecule has 106 valence electrons. The van der Waals surface area contributed by atoms with Crippen LogP contribution >= 0.6 is 0 Å².